The molecule has 494 valence electrons. The Labute approximate surface area is 505 Å². The van der Waals surface area contributed by atoms with E-state index in [1.165, 1.54) is 18.2 Å². The van der Waals surface area contributed by atoms with Gasteiger partial charge in [0.25, 0.3) is 17.7 Å². The first-order valence-electron chi connectivity index (χ1n) is 28.2. The maximum Gasteiger partial charge on any atom is 0.326 e. The summed E-state index contributed by atoms with van der Waals surface area (Å²) in [6.45, 7) is 8.70. The van der Waals surface area contributed by atoms with Crippen molar-refractivity contribution in [2.75, 3.05) is 190 Å². The summed E-state index contributed by atoms with van der Waals surface area (Å²) in [7, 11) is 0. The predicted molar refractivity (Wildman–Crippen MR) is 297 cm³/mol. The number of ether oxygens (including phenoxy) is 13. The fraction of sp³-hybridized carbons (Fsp3) is 0.607. The molecule has 6 N–H and O–H groups in total. The normalized spacial score (nSPS) is 12.4. The van der Waals surface area contributed by atoms with E-state index in [2.05, 4.69) is 26.0 Å². The van der Waals surface area contributed by atoms with E-state index in [-0.39, 0.29) is 114 Å². The predicted octanol–water partition coefficient (Wildman–Crippen LogP) is 0.670. The van der Waals surface area contributed by atoms with Crippen molar-refractivity contribution in [3.05, 3.63) is 70.8 Å². The third-order valence-electron chi connectivity index (χ3n) is 11.6. The van der Waals surface area contributed by atoms with Gasteiger partial charge in [0, 0.05) is 56.3 Å². The van der Waals surface area contributed by atoms with Gasteiger partial charge in [-0.15, -0.1) is 0 Å². The Hall–Kier alpha value is -6.66. The number of hydrogen-bond donors (Lipinski definition) is 6. The highest BCUT2D eigenvalue weighted by molar-refractivity contribution is 6.28. The second kappa shape index (κ2) is 47.4. The van der Waals surface area contributed by atoms with E-state index < -0.39 is 83.0 Å². The maximum absolute atomic E-state index is 14.1. The minimum Gasteiger partial charge on any atom is -0.481 e. The Balaban J connectivity index is 1.02. The van der Waals surface area contributed by atoms with Crippen molar-refractivity contribution in [3.63, 3.8) is 0 Å². The van der Waals surface area contributed by atoms with Gasteiger partial charge in [0.15, 0.2) is 11.6 Å². The number of nitrogens with zero attached hydrogens (tertiary/aromatic N) is 1. The fourth-order valence-corrected chi connectivity index (χ4v) is 7.19. The van der Waals surface area contributed by atoms with Crippen LogP contribution in [0, 0.1) is 23.3 Å². The third kappa shape index (κ3) is 34.2. The zero-order valence-corrected chi connectivity index (χ0v) is 48.8. The van der Waals surface area contributed by atoms with Crippen LogP contribution in [0.5, 0.6) is 5.75 Å². The van der Waals surface area contributed by atoms with Crippen LogP contribution < -0.4 is 30.9 Å². The molecule has 32 heteroatoms. The smallest absolute Gasteiger partial charge is 0.326 e. The van der Waals surface area contributed by atoms with Crippen molar-refractivity contribution in [3.8, 4) is 5.75 Å². The zero-order valence-electron chi connectivity index (χ0n) is 48.8. The summed E-state index contributed by atoms with van der Waals surface area (Å²) < 4.78 is 125. The molecule has 1 aliphatic heterocycles. The third-order valence-corrected chi connectivity index (χ3v) is 11.6. The second-order valence-corrected chi connectivity index (χ2v) is 18.2. The first-order chi connectivity index (χ1) is 42.6. The number of carbonyl (C=O) groups is 8. The van der Waals surface area contributed by atoms with E-state index in [1.54, 1.807) is 0 Å². The van der Waals surface area contributed by atoms with Gasteiger partial charge in [0.2, 0.25) is 29.2 Å². The molecule has 88 heavy (non-hydrogen) atoms. The Bertz CT molecular complexity index is 2420. The average Bonchev–Trinajstić information content (AvgIpc) is 2.85. The van der Waals surface area contributed by atoms with Crippen LogP contribution in [0.25, 0.3) is 0 Å². The van der Waals surface area contributed by atoms with Crippen molar-refractivity contribution in [1.29, 1.82) is 0 Å². The summed E-state index contributed by atoms with van der Waals surface area (Å²) in [4.78, 5) is 97.1. The van der Waals surface area contributed by atoms with Gasteiger partial charge >= 0.3 is 17.9 Å². The maximum atomic E-state index is 14.1. The van der Waals surface area contributed by atoms with Crippen molar-refractivity contribution in [2.45, 2.75) is 38.1 Å². The largest absolute Gasteiger partial charge is 0.481 e. The van der Waals surface area contributed by atoms with Crippen molar-refractivity contribution < 1.29 is 128 Å². The number of anilines is 1. The number of amides is 5. The summed E-state index contributed by atoms with van der Waals surface area (Å²) in [5.74, 6) is -15.6. The van der Waals surface area contributed by atoms with Crippen LogP contribution in [0.15, 0.2) is 36.4 Å². The summed E-state index contributed by atoms with van der Waals surface area (Å²) in [5.41, 5.74) is 0.153. The molecule has 0 radical (unpaired) electrons. The molecule has 2 aromatic carbocycles. The summed E-state index contributed by atoms with van der Waals surface area (Å²) in [5, 5.41) is 28.2. The van der Waals surface area contributed by atoms with Crippen LogP contribution in [0.2, 0.25) is 0 Å². The quantitative estimate of drug-likeness (QED) is 0.0132. The van der Waals surface area contributed by atoms with E-state index in [9.17, 15) is 55.9 Å². The number of esters is 1. The lowest BCUT2D eigenvalue weighted by Crippen LogP contribution is -2.41. The highest BCUT2D eigenvalue weighted by Gasteiger charge is 2.28. The van der Waals surface area contributed by atoms with Gasteiger partial charge in [-0.2, -0.15) is 8.78 Å². The van der Waals surface area contributed by atoms with Gasteiger partial charge in [0.1, 0.15) is 6.04 Å². The molecule has 0 saturated carbocycles. The Morgan fingerprint density at radius 2 is 0.920 bits per heavy atom. The van der Waals surface area contributed by atoms with Gasteiger partial charge in [-0.1, -0.05) is 6.07 Å². The minimum absolute atomic E-state index is 0.00427. The Kier molecular flexibility index (Phi) is 40.7. The highest BCUT2D eigenvalue weighted by atomic mass is 19.2. The molecule has 5 amide bonds. The number of aliphatic carboxylic acids is 2. The number of rotatable bonds is 55. The first kappa shape index (κ1) is 75.6. The van der Waals surface area contributed by atoms with Crippen molar-refractivity contribution in [2.24, 2.45) is 0 Å². The van der Waals surface area contributed by atoms with E-state index in [1.807, 2.05) is 0 Å². The van der Waals surface area contributed by atoms with Gasteiger partial charge in [-0.25, -0.2) is 18.5 Å². The zero-order chi connectivity index (χ0) is 64.0. The number of aryl methyl sites for hydroxylation is 1. The van der Waals surface area contributed by atoms with E-state index in [0.717, 1.165) is 17.1 Å². The lowest BCUT2D eigenvalue weighted by atomic mass is 10.0. The molecule has 0 bridgehead atoms. The fourth-order valence-electron chi connectivity index (χ4n) is 7.19. The molecular weight excluding hydrogens is 1190 g/mol. The lowest BCUT2D eigenvalue weighted by Gasteiger charge is -2.17. The highest BCUT2D eigenvalue weighted by Crippen LogP contribution is 2.28. The summed E-state index contributed by atoms with van der Waals surface area (Å²) in [6.07, 6.45) is 0.557. The lowest BCUT2D eigenvalue weighted by molar-refractivity contribution is -0.143. The molecule has 1 aliphatic rings. The molecule has 0 aliphatic carbocycles. The first-order valence-corrected chi connectivity index (χ1v) is 28.2. The topological polar surface area (TPSA) is 348 Å². The summed E-state index contributed by atoms with van der Waals surface area (Å²) >= 11 is 0. The summed E-state index contributed by atoms with van der Waals surface area (Å²) in [6, 6.07) is 2.61. The van der Waals surface area contributed by atoms with Gasteiger partial charge in [-0.05, 0) is 30.5 Å². The number of hydrogen-bond acceptors (Lipinski definition) is 22. The number of carboxylic acids is 2. The average molecular weight is 1270 g/mol. The molecule has 1 heterocycles. The SMILES string of the molecule is O=C(O)CC[C@H](NC(=O)CCOCCOCCOCCOCCOCCOCCOCCOCCOCCOCCOCCOCCNC(=O)CNCCNC(=O)c1cc(N2C(=O)C=CC2=O)ccc1CCC(=O)Oc1c(F)c(F)cc(F)c1F)C(=O)O. The number of imide groups is 1. The molecule has 0 fully saturated rings. The number of halogens is 4. The number of nitrogens with one attached hydrogen (secondary N) is 4. The molecule has 2 aromatic rings. The van der Waals surface area contributed by atoms with Gasteiger partial charge in [-0.3, -0.25) is 33.6 Å². The van der Waals surface area contributed by atoms with Crippen LogP contribution in [-0.2, 0) is 96.8 Å². The molecular formula is C56H79F4N5O23. The van der Waals surface area contributed by atoms with Crippen LogP contribution in [0.1, 0.15) is 41.6 Å². The van der Waals surface area contributed by atoms with Crippen LogP contribution >= 0.6 is 0 Å². The molecule has 0 unspecified atom stereocenters. The molecule has 0 spiro atoms. The number of carbonyl (C=O) groups excluding carboxylic acids is 6. The van der Waals surface area contributed by atoms with Crippen molar-refractivity contribution >= 4 is 53.1 Å². The van der Waals surface area contributed by atoms with Crippen LogP contribution in [0.3, 0.4) is 0 Å². The number of benzene rings is 2. The van der Waals surface area contributed by atoms with Crippen LogP contribution in [0.4, 0.5) is 23.2 Å². The van der Waals surface area contributed by atoms with Gasteiger partial charge < -0.3 is 93.1 Å². The molecule has 28 nitrogen and oxygen atoms in total. The van der Waals surface area contributed by atoms with E-state index >= 15 is 0 Å². The second-order valence-electron chi connectivity index (χ2n) is 18.2. The van der Waals surface area contributed by atoms with Gasteiger partial charge in [0.05, 0.1) is 177 Å². The molecule has 1 atom stereocenters. The minimum atomic E-state index is -1.91. The van der Waals surface area contributed by atoms with E-state index in [4.69, 9.17) is 67.1 Å². The molecule has 0 saturated heterocycles. The Morgan fingerprint density at radius 3 is 1.35 bits per heavy atom. The van der Waals surface area contributed by atoms with Crippen molar-refractivity contribution in [1.82, 2.24) is 21.3 Å². The number of carboxylic acid groups (broad SMARTS) is 2. The Morgan fingerprint density at radius 1 is 0.489 bits per heavy atom. The van der Waals surface area contributed by atoms with E-state index in [0.29, 0.717) is 126 Å². The molecule has 3 rings (SSSR count). The standard InChI is InChI=1S/C56H79F4N5O23/c57-43-38-44(58)53(60)54(52(43)59)88-51(72)8-2-40-1-3-41(65-48(68)5-6-49(65)69)37-42(40)55(73)63-11-10-61-39-47(67)62-12-14-77-16-18-79-20-22-81-24-26-83-28-30-85-32-34-87-36-35-86-33-31-84-29-27-82-25-23-80-21-19-78-17-15-76-13-9-46(66)64-45(56(74)75)4-7-50(70)71/h1,3,5-6,37-38,45,61H,2,4,7-36,39H2,(H,62,67)(H,63,73)(H,64,66)(H,70,71)(H,74,75)/t45-/m0/s1. The monoisotopic (exact) mass is 1270 g/mol. The van der Waals surface area contributed by atoms with Crippen LogP contribution in [-0.4, -0.2) is 248 Å². The molecule has 0 aromatic heterocycles.